The molecule has 0 aliphatic rings. The van der Waals surface area contributed by atoms with Gasteiger partial charge in [-0.1, -0.05) is 0 Å². The predicted molar refractivity (Wildman–Crippen MR) is 101 cm³/mol. The van der Waals surface area contributed by atoms with E-state index in [1.165, 1.54) is 37.6 Å². The van der Waals surface area contributed by atoms with Crippen LogP contribution in [-0.4, -0.2) is 40.1 Å². The van der Waals surface area contributed by atoms with E-state index in [1.54, 1.807) is 23.6 Å². The molecule has 7 nitrogen and oxygen atoms in total. The molecule has 0 aliphatic heterocycles. The quantitative estimate of drug-likeness (QED) is 0.713. The number of amides is 2. The van der Waals surface area contributed by atoms with E-state index in [0.29, 0.717) is 16.3 Å². The van der Waals surface area contributed by atoms with Crippen LogP contribution in [0.4, 0.5) is 5.00 Å². The molecule has 0 atom stereocenters. The molecule has 26 heavy (non-hydrogen) atoms. The molecule has 0 bridgehead atoms. The lowest BCUT2D eigenvalue weighted by Crippen LogP contribution is -2.20. The Morgan fingerprint density at radius 1 is 1.15 bits per heavy atom. The van der Waals surface area contributed by atoms with Gasteiger partial charge in [-0.2, -0.15) is 0 Å². The molecular weight excluding hydrogens is 376 g/mol. The van der Waals surface area contributed by atoms with Gasteiger partial charge in [-0.15, -0.1) is 11.3 Å². The van der Waals surface area contributed by atoms with Gasteiger partial charge in [-0.25, -0.2) is 8.42 Å². The lowest BCUT2D eigenvalue weighted by atomic mass is 10.3. The summed E-state index contributed by atoms with van der Waals surface area (Å²) in [5, 5.41) is 7.31. The van der Waals surface area contributed by atoms with E-state index in [-0.39, 0.29) is 35.3 Å². The van der Waals surface area contributed by atoms with Gasteiger partial charge in [0.1, 0.15) is 10.8 Å². The highest BCUT2D eigenvalue weighted by Crippen LogP contribution is 2.23. The number of hydrogen-bond acceptors (Lipinski definition) is 6. The molecule has 1 aromatic heterocycles. The molecule has 1 aromatic carbocycles. The second-order valence-corrected chi connectivity index (χ2v) is 8.41. The van der Waals surface area contributed by atoms with E-state index >= 15 is 0 Å². The molecule has 0 saturated carbocycles. The van der Waals surface area contributed by atoms with Crippen LogP contribution in [0, 0.1) is 0 Å². The van der Waals surface area contributed by atoms with Gasteiger partial charge in [0.2, 0.25) is 5.91 Å². The van der Waals surface area contributed by atoms with Crippen molar-refractivity contribution >= 4 is 38.0 Å². The van der Waals surface area contributed by atoms with Crippen molar-refractivity contribution in [3.63, 3.8) is 0 Å². The van der Waals surface area contributed by atoms with Gasteiger partial charge >= 0.3 is 0 Å². The smallest absolute Gasteiger partial charge is 0.254 e. The number of anilines is 1. The molecule has 0 fully saturated rings. The maximum absolute atomic E-state index is 12.3. The minimum absolute atomic E-state index is 0.0421. The maximum atomic E-state index is 12.3. The van der Waals surface area contributed by atoms with Crippen LogP contribution in [0.5, 0.6) is 5.75 Å². The number of benzene rings is 1. The standard InChI is InChI=1S/C17H20N2O5S2/c1-18-16(21)14-9-10-25-17(14)19-15(20)4-3-11-26(22,23)13-7-5-12(24-2)6-8-13/h5-10H,3-4,11H2,1-2H3,(H,18,21)(H,19,20). The van der Waals surface area contributed by atoms with E-state index in [2.05, 4.69) is 10.6 Å². The van der Waals surface area contributed by atoms with E-state index in [4.69, 9.17) is 4.74 Å². The summed E-state index contributed by atoms with van der Waals surface area (Å²) in [6.45, 7) is 0. The van der Waals surface area contributed by atoms with Crippen LogP contribution in [0.25, 0.3) is 0 Å². The monoisotopic (exact) mass is 396 g/mol. The van der Waals surface area contributed by atoms with Gasteiger partial charge in [-0.05, 0) is 42.1 Å². The second-order valence-electron chi connectivity index (χ2n) is 5.39. The van der Waals surface area contributed by atoms with Crippen LogP contribution in [0.3, 0.4) is 0 Å². The Labute approximate surface area is 156 Å². The Morgan fingerprint density at radius 2 is 1.85 bits per heavy atom. The number of thiophene rings is 1. The van der Waals surface area contributed by atoms with Crippen LogP contribution in [0.15, 0.2) is 40.6 Å². The van der Waals surface area contributed by atoms with Crippen LogP contribution >= 0.6 is 11.3 Å². The first-order valence-corrected chi connectivity index (χ1v) is 10.4. The first kappa shape index (κ1) is 19.9. The molecule has 140 valence electrons. The Kier molecular flexibility index (Phi) is 6.76. The zero-order valence-corrected chi connectivity index (χ0v) is 16.1. The minimum atomic E-state index is -3.47. The molecule has 0 unspecified atom stereocenters. The molecular formula is C17H20N2O5S2. The predicted octanol–water partition coefficient (Wildman–Crippen LogP) is 2.31. The third-order valence-electron chi connectivity index (χ3n) is 3.63. The van der Waals surface area contributed by atoms with Crippen LogP contribution in [-0.2, 0) is 14.6 Å². The maximum Gasteiger partial charge on any atom is 0.254 e. The molecule has 2 rings (SSSR count). The van der Waals surface area contributed by atoms with Crippen LogP contribution in [0.2, 0.25) is 0 Å². The number of methoxy groups -OCH3 is 1. The normalized spacial score (nSPS) is 11.0. The van der Waals surface area contributed by atoms with Crippen molar-refractivity contribution in [3.05, 3.63) is 41.3 Å². The summed E-state index contributed by atoms with van der Waals surface area (Å²) < 4.78 is 29.6. The number of sulfone groups is 1. The van der Waals surface area contributed by atoms with Gasteiger partial charge in [-0.3, -0.25) is 9.59 Å². The summed E-state index contributed by atoms with van der Waals surface area (Å²) in [4.78, 5) is 23.9. The highest BCUT2D eigenvalue weighted by molar-refractivity contribution is 7.91. The Bertz CT molecular complexity index is 873. The fourth-order valence-electron chi connectivity index (χ4n) is 2.23. The third kappa shape index (κ3) is 5.06. The van der Waals surface area contributed by atoms with Gasteiger partial charge in [0.15, 0.2) is 9.84 Å². The molecule has 0 aliphatic carbocycles. The van der Waals surface area contributed by atoms with E-state index < -0.39 is 9.84 Å². The fraction of sp³-hybridized carbons (Fsp3) is 0.294. The lowest BCUT2D eigenvalue weighted by molar-refractivity contribution is -0.116. The van der Waals surface area contributed by atoms with Crippen molar-refractivity contribution in [2.45, 2.75) is 17.7 Å². The SMILES string of the molecule is CNC(=O)c1ccsc1NC(=O)CCCS(=O)(=O)c1ccc(OC)cc1. The number of carbonyl (C=O) groups excluding carboxylic acids is 2. The highest BCUT2D eigenvalue weighted by atomic mass is 32.2. The van der Waals surface area contributed by atoms with E-state index in [9.17, 15) is 18.0 Å². The molecule has 9 heteroatoms. The zero-order chi connectivity index (χ0) is 19.2. The van der Waals surface area contributed by atoms with Crippen molar-refractivity contribution < 1.29 is 22.7 Å². The van der Waals surface area contributed by atoms with Crippen molar-refractivity contribution in [2.75, 3.05) is 25.2 Å². The largest absolute Gasteiger partial charge is 0.497 e. The average Bonchev–Trinajstić information content (AvgIpc) is 3.09. The summed E-state index contributed by atoms with van der Waals surface area (Å²) in [7, 11) is -0.451. The molecule has 2 amide bonds. The zero-order valence-electron chi connectivity index (χ0n) is 14.4. The van der Waals surface area contributed by atoms with Gasteiger partial charge in [0, 0.05) is 13.5 Å². The van der Waals surface area contributed by atoms with E-state index in [0.717, 1.165) is 0 Å². The highest BCUT2D eigenvalue weighted by Gasteiger charge is 2.17. The Balaban J connectivity index is 1.89. The van der Waals surface area contributed by atoms with Gasteiger partial charge in [0.25, 0.3) is 5.91 Å². The fourth-order valence-corrected chi connectivity index (χ4v) is 4.34. The molecule has 0 spiro atoms. The number of ether oxygens (including phenoxy) is 1. The van der Waals surface area contributed by atoms with Gasteiger partial charge in [0.05, 0.1) is 23.3 Å². The number of rotatable bonds is 8. The van der Waals surface area contributed by atoms with Crippen molar-refractivity contribution in [1.29, 1.82) is 0 Å². The Morgan fingerprint density at radius 3 is 2.46 bits per heavy atom. The summed E-state index contributed by atoms with van der Waals surface area (Å²) in [5.41, 5.74) is 0.386. The topological polar surface area (TPSA) is 102 Å². The molecule has 0 saturated heterocycles. The van der Waals surface area contributed by atoms with Crippen molar-refractivity contribution in [3.8, 4) is 5.75 Å². The van der Waals surface area contributed by atoms with Crippen LogP contribution in [0.1, 0.15) is 23.2 Å². The third-order valence-corrected chi connectivity index (χ3v) is 6.27. The number of hydrogen-bond donors (Lipinski definition) is 2. The summed E-state index contributed by atoms with van der Waals surface area (Å²) in [6.07, 6.45) is 0.224. The number of carbonyl (C=O) groups is 2. The average molecular weight is 396 g/mol. The first-order valence-electron chi connectivity index (χ1n) is 7.83. The van der Waals surface area contributed by atoms with Crippen LogP contribution < -0.4 is 15.4 Å². The van der Waals surface area contributed by atoms with E-state index in [1.807, 2.05) is 0 Å². The summed E-state index contributed by atoms with van der Waals surface area (Å²) in [5.74, 6) is -0.184. The first-order chi connectivity index (χ1) is 12.4. The number of nitrogens with one attached hydrogen (secondary N) is 2. The minimum Gasteiger partial charge on any atom is -0.497 e. The second kappa shape index (κ2) is 8.81. The summed E-state index contributed by atoms with van der Waals surface area (Å²) >= 11 is 1.24. The molecule has 0 radical (unpaired) electrons. The Hall–Kier alpha value is -2.39. The summed E-state index contributed by atoms with van der Waals surface area (Å²) in [6, 6.07) is 7.74. The van der Waals surface area contributed by atoms with Gasteiger partial charge < -0.3 is 15.4 Å². The molecule has 1 heterocycles. The molecule has 2 N–H and O–H groups in total. The lowest BCUT2D eigenvalue weighted by Gasteiger charge is -2.07. The molecule has 2 aromatic rings. The van der Waals surface area contributed by atoms with Crippen molar-refractivity contribution in [1.82, 2.24) is 5.32 Å². The van der Waals surface area contributed by atoms with Crippen molar-refractivity contribution in [2.24, 2.45) is 0 Å².